The normalized spacial score (nSPS) is 22.7. The Balaban J connectivity index is 2.65. The zero-order chi connectivity index (χ0) is 63.9. The van der Waals surface area contributed by atoms with Crippen molar-refractivity contribution in [2.75, 3.05) is 26.4 Å². The molecule has 0 aromatic heterocycles. The van der Waals surface area contributed by atoms with E-state index in [0.717, 1.165) is 48.5 Å². The van der Waals surface area contributed by atoms with Gasteiger partial charge in [0.25, 0.3) is 0 Å². The van der Waals surface area contributed by atoms with Crippen LogP contribution in [0, 0.1) is 23.2 Å². The van der Waals surface area contributed by atoms with Crippen LogP contribution in [0.15, 0.2) is 47.6 Å². The van der Waals surface area contributed by atoms with Crippen molar-refractivity contribution in [3.05, 3.63) is 47.6 Å². The average molecular weight is 1240 g/mol. The van der Waals surface area contributed by atoms with Gasteiger partial charge in [0.1, 0.15) is 11.9 Å². The lowest BCUT2D eigenvalue weighted by Gasteiger charge is -2.47. The number of allylic oxidation sites excluding steroid dienone is 3. The highest BCUT2D eigenvalue weighted by Gasteiger charge is 2.51. The van der Waals surface area contributed by atoms with Gasteiger partial charge in [0, 0.05) is 31.3 Å². The molecule has 12 atom stereocenters. The Labute approximate surface area is 515 Å². The number of carbonyl (C=O) groups is 2. The van der Waals surface area contributed by atoms with Crippen LogP contribution < -0.4 is 0 Å². The molecule has 0 aromatic rings. The van der Waals surface area contributed by atoms with Crippen LogP contribution in [0.25, 0.3) is 0 Å². The second kappa shape index (κ2) is 32.9. The van der Waals surface area contributed by atoms with Gasteiger partial charge in [-0.2, -0.15) is 0 Å². The van der Waals surface area contributed by atoms with Crippen molar-refractivity contribution in [2.45, 2.75) is 325 Å². The Kier molecular flexibility index (Phi) is 30.8. The average Bonchev–Trinajstić information content (AvgIpc) is 4.20. The maximum Gasteiger partial charge on any atom is 0.311 e. The summed E-state index contributed by atoms with van der Waals surface area (Å²) in [7, 11) is -9.25. The van der Waals surface area contributed by atoms with Gasteiger partial charge in [-0.05, 0) is 165 Å². The van der Waals surface area contributed by atoms with E-state index in [0.29, 0.717) is 45.7 Å². The largest absolute Gasteiger partial charge is 0.465 e. The molecule has 0 bridgehead atoms. The molecule has 83 heavy (non-hydrogen) atoms. The van der Waals surface area contributed by atoms with E-state index in [1.165, 1.54) is 5.57 Å². The monoisotopic (exact) mass is 1230 g/mol. The molecule has 2 rings (SSSR count). The van der Waals surface area contributed by atoms with Crippen LogP contribution in [0.4, 0.5) is 0 Å². The fourth-order valence-corrected chi connectivity index (χ4v) is 17.0. The zero-order valence-electron chi connectivity index (χ0n) is 58.8. The van der Waals surface area contributed by atoms with Gasteiger partial charge in [0.05, 0.1) is 74.1 Å². The Morgan fingerprint density at radius 2 is 1.27 bits per heavy atom. The van der Waals surface area contributed by atoms with E-state index in [1.54, 1.807) is 0 Å². The van der Waals surface area contributed by atoms with Crippen molar-refractivity contribution in [3.63, 3.8) is 0 Å². The number of rotatable bonds is 35. The van der Waals surface area contributed by atoms with Crippen LogP contribution in [-0.2, 0) is 51.0 Å². The minimum atomic E-state index is -2.47. The molecule has 0 spiro atoms. The van der Waals surface area contributed by atoms with E-state index in [-0.39, 0.29) is 93.8 Å². The van der Waals surface area contributed by atoms with Crippen molar-refractivity contribution >= 4 is 45.0 Å². The molecule has 0 aromatic carbocycles. The Bertz CT molecular complexity index is 2070. The van der Waals surface area contributed by atoms with Gasteiger partial charge in [-0.15, -0.1) is 0 Å². The number of Topliss-reactive ketones (excluding diaryl/α,β-unsaturated/α-hetero) is 1. The smallest absolute Gasteiger partial charge is 0.311 e. The molecule has 2 aliphatic rings. The van der Waals surface area contributed by atoms with E-state index in [9.17, 15) is 9.59 Å². The number of hydrogen-bond donors (Lipinski definition) is 0. The maximum absolute atomic E-state index is 15.0. The third-order valence-electron chi connectivity index (χ3n) is 19.7. The van der Waals surface area contributed by atoms with Gasteiger partial charge in [-0.3, -0.25) is 9.59 Å². The predicted octanol–water partition coefficient (Wildman–Crippen LogP) is 18.3. The zero-order valence-corrected chi connectivity index (χ0v) is 62.8. The molecule has 0 unspecified atom stereocenters. The van der Waals surface area contributed by atoms with Crippen molar-refractivity contribution in [3.8, 4) is 0 Å². The molecule has 0 aliphatic carbocycles. The summed E-state index contributed by atoms with van der Waals surface area (Å²) in [6.45, 7) is 68.4. The summed E-state index contributed by atoms with van der Waals surface area (Å²) in [5.41, 5.74) is 2.58. The number of ketones is 1. The maximum atomic E-state index is 15.0. The van der Waals surface area contributed by atoms with Gasteiger partial charge < -0.3 is 41.4 Å². The number of ether oxygens (including phenoxy) is 5. The lowest BCUT2D eigenvalue weighted by atomic mass is 9.86. The molecular formula is C68H130O11Si4. The van der Waals surface area contributed by atoms with E-state index < -0.39 is 50.9 Å². The van der Waals surface area contributed by atoms with Crippen LogP contribution in [0.5, 0.6) is 0 Å². The summed E-state index contributed by atoms with van der Waals surface area (Å²) in [4.78, 5) is 27.8. The van der Waals surface area contributed by atoms with Crippen LogP contribution in [0.3, 0.4) is 0 Å². The molecule has 0 N–H and O–H groups in total. The molecular weight excluding hydrogens is 1110 g/mol. The summed E-state index contributed by atoms with van der Waals surface area (Å²) in [6.07, 6.45) is 11.4. The minimum absolute atomic E-state index is 0.00909. The lowest BCUT2D eigenvalue weighted by Crippen LogP contribution is -2.55. The molecule has 484 valence electrons. The summed E-state index contributed by atoms with van der Waals surface area (Å²) >= 11 is 0. The van der Waals surface area contributed by atoms with Crippen LogP contribution >= 0.6 is 0 Å². The number of hydrogen-bond acceptors (Lipinski definition) is 11. The van der Waals surface area contributed by atoms with Crippen molar-refractivity contribution in [2.24, 2.45) is 23.2 Å². The molecule has 2 heterocycles. The second-order valence-electron chi connectivity index (χ2n) is 31.0. The minimum Gasteiger partial charge on any atom is -0.465 e. The first-order valence-corrected chi connectivity index (χ1v) is 43.8. The first-order valence-electron chi connectivity index (χ1n) is 32.5. The Hall–Kier alpha value is -1.35. The van der Waals surface area contributed by atoms with Crippen LogP contribution in [-0.4, -0.2) is 126 Å². The first kappa shape index (κ1) is 77.7. The molecule has 2 saturated heterocycles. The SMILES string of the molecule is C=C(/C=C(\C)[C@@H](C)[C@H](CC(=O)[C@@H](C)C[C@@H](C[C@H]1CC[C@H]([C@@H](/C=C/C=C(C)C)O[Si](CC)(CC)CC)O1)OCCOCC)O[Si](C)(C)C(C)(C)C)[C@@H](O[Si](C)(C)C(C)(C)C)[C@@H](O[Si](C)(C)C(C)(C)C)[C@H]1C[C@@H](C)[C@H](CCOC(=O)C(C)(C)C)O1. The third kappa shape index (κ3) is 24.2. The van der Waals surface area contributed by atoms with Gasteiger partial charge in [0.2, 0.25) is 0 Å². The second-order valence-corrected chi connectivity index (χ2v) is 50.0. The Morgan fingerprint density at radius 1 is 0.711 bits per heavy atom. The summed E-state index contributed by atoms with van der Waals surface area (Å²) in [5, 5.41) is -0.276. The molecule has 11 nitrogen and oxygen atoms in total. The van der Waals surface area contributed by atoms with E-state index in [4.69, 9.17) is 48.0 Å². The van der Waals surface area contributed by atoms with Gasteiger partial charge in [-0.1, -0.05) is 146 Å². The lowest BCUT2D eigenvalue weighted by molar-refractivity contribution is -0.154. The molecule has 2 fully saturated rings. The molecule has 15 heteroatoms. The number of carbonyl (C=O) groups excluding carboxylic acids is 2. The number of esters is 1. The van der Waals surface area contributed by atoms with Gasteiger partial charge in [0.15, 0.2) is 33.3 Å². The van der Waals surface area contributed by atoms with Crippen LogP contribution in [0.1, 0.15) is 197 Å². The summed E-state index contributed by atoms with van der Waals surface area (Å²) in [6, 6.07) is 3.24. The third-order valence-corrected chi connectivity index (χ3v) is 37.8. The van der Waals surface area contributed by atoms with Crippen molar-refractivity contribution < 1.29 is 51.0 Å². The molecule has 0 saturated carbocycles. The fourth-order valence-electron chi connectivity index (χ4n) is 10.3. The summed E-state index contributed by atoms with van der Waals surface area (Å²) in [5.74, 6) is -0.247. The van der Waals surface area contributed by atoms with Crippen molar-refractivity contribution in [1.82, 2.24) is 0 Å². The molecule has 0 radical (unpaired) electrons. The van der Waals surface area contributed by atoms with Crippen molar-refractivity contribution in [1.29, 1.82) is 0 Å². The standard InChI is InChI=1S/C68H130O11Si4/c1-30-71-41-42-72-55(46-54-37-38-58(74-54)59(36-34-35-48(5)6)77-83(31-2,32-3)33-4)44-50(8)56(69)47-60(76-80(24,25)66(15,16)17)53(11)49(7)43-52(10)62(78-81(26,27)67(18,19)20)63(79-82(28,29)68(21,22)23)61-45-51(9)57(75-61)39-40-73-64(70)65(12,13)14/h34-36,43,50-51,53-55,57-63H,10,30-33,37-42,44-47H2,1-9,11-29H3/b36-34+,49-43+/t50-,51+,53+,54+,55-,57-,58+,59+,60-,61+,62+,63-/m0/s1. The fraction of sp³-hybridized carbons (Fsp3) is 0.853. The molecule has 2 aliphatic heterocycles. The quantitative estimate of drug-likeness (QED) is 0.0261. The Morgan fingerprint density at radius 3 is 1.78 bits per heavy atom. The predicted molar refractivity (Wildman–Crippen MR) is 359 cm³/mol. The highest BCUT2D eigenvalue weighted by Crippen LogP contribution is 2.46. The summed E-state index contributed by atoms with van der Waals surface area (Å²) < 4.78 is 61.9. The highest BCUT2D eigenvalue weighted by molar-refractivity contribution is 6.75. The topological polar surface area (TPSA) is 117 Å². The van der Waals surface area contributed by atoms with Crippen LogP contribution in [0.2, 0.25) is 72.5 Å². The van der Waals surface area contributed by atoms with Gasteiger partial charge >= 0.3 is 5.97 Å². The first-order chi connectivity index (χ1) is 37.9. The van der Waals surface area contributed by atoms with E-state index >= 15 is 0 Å². The highest BCUT2D eigenvalue weighted by atomic mass is 28.4. The molecule has 0 amide bonds. The van der Waals surface area contributed by atoms with Gasteiger partial charge in [-0.25, -0.2) is 0 Å². The van der Waals surface area contributed by atoms with E-state index in [1.807, 2.05) is 27.7 Å². The van der Waals surface area contributed by atoms with E-state index in [2.05, 4.69) is 188 Å².